The summed E-state index contributed by atoms with van der Waals surface area (Å²) in [6.45, 7) is 3.31. The van der Waals surface area contributed by atoms with E-state index in [0.717, 1.165) is 0 Å². The standard InChI is InChI=1S/C10H14ClNO2/c1-5-3-7(11)4-8(10(5)14)9(12)6(2)13/h3-4,6,9,13-14H,12H2,1-2H3/t6-,9-/m1/s1. The van der Waals surface area contributed by atoms with Crippen LogP contribution in [0, 0.1) is 6.92 Å². The molecule has 0 amide bonds. The molecule has 0 spiro atoms. The predicted molar refractivity (Wildman–Crippen MR) is 56.5 cm³/mol. The minimum Gasteiger partial charge on any atom is -0.507 e. The van der Waals surface area contributed by atoms with Crippen LogP contribution in [0.5, 0.6) is 5.75 Å². The Hall–Kier alpha value is -0.770. The van der Waals surface area contributed by atoms with Crippen LogP contribution in [-0.4, -0.2) is 16.3 Å². The average molecular weight is 216 g/mol. The first-order chi connectivity index (χ1) is 6.43. The van der Waals surface area contributed by atoms with Crippen LogP contribution in [0.2, 0.25) is 5.02 Å². The van der Waals surface area contributed by atoms with Gasteiger partial charge in [0.15, 0.2) is 0 Å². The first kappa shape index (κ1) is 11.3. The lowest BCUT2D eigenvalue weighted by molar-refractivity contribution is 0.163. The SMILES string of the molecule is Cc1cc(Cl)cc([C@H](N)[C@@H](C)O)c1O. The molecular weight excluding hydrogens is 202 g/mol. The van der Waals surface area contributed by atoms with Crippen molar-refractivity contribution in [3.8, 4) is 5.75 Å². The van der Waals surface area contributed by atoms with E-state index < -0.39 is 12.1 Å². The molecule has 0 aliphatic rings. The second kappa shape index (κ2) is 4.17. The van der Waals surface area contributed by atoms with Crippen molar-refractivity contribution >= 4 is 11.6 Å². The Morgan fingerprint density at radius 1 is 1.43 bits per heavy atom. The third-order valence-electron chi connectivity index (χ3n) is 2.17. The zero-order valence-electron chi connectivity index (χ0n) is 8.16. The number of aryl methyl sites for hydroxylation is 1. The number of halogens is 1. The van der Waals surface area contributed by atoms with Gasteiger partial charge in [0.2, 0.25) is 0 Å². The molecule has 4 N–H and O–H groups in total. The van der Waals surface area contributed by atoms with Crippen molar-refractivity contribution in [1.29, 1.82) is 0 Å². The maximum absolute atomic E-state index is 9.69. The second-order valence-electron chi connectivity index (χ2n) is 3.43. The topological polar surface area (TPSA) is 66.5 Å². The molecule has 0 aliphatic heterocycles. The Labute approximate surface area is 88.1 Å². The van der Waals surface area contributed by atoms with Crippen LogP contribution in [0.4, 0.5) is 0 Å². The molecule has 78 valence electrons. The Kier molecular flexibility index (Phi) is 3.37. The molecule has 0 fully saturated rings. The molecule has 3 nitrogen and oxygen atoms in total. The molecule has 1 aromatic carbocycles. The highest BCUT2D eigenvalue weighted by atomic mass is 35.5. The molecular formula is C10H14ClNO2. The van der Waals surface area contributed by atoms with Crippen molar-refractivity contribution in [2.45, 2.75) is 26.0 Å². The van der Waals surface area contributed by atoms with Gasteiger partial charge in [-0.1, -0.05) is 11.6 Å². The Morgan fingerprint density at radius 2 is 2.00 bits per heavy atom. The summed E-state index contributed by atoms with van der Waals surface area (Å²) in [5.41, 5.74) is 6.84. The fourth-order valence-electron chi connectivity index (χ4n) is 1.28. The number of hydrogen-bond donors (Lipinski definition) is 3. The highest BCUT2D eigenvalue weighted by Gasteiger charge is 2.17. The van der Waals surface area contributed by atoms with Crippen molar-refractivity contribution in [1.82, 2.24) is 0 Å². The summed E-state index contributed by atoms with van der Waals surface area (Å²) in [5, 5.41) is 19.5. The lowest BCUT2D eigenvalue weighted by atomic mass is 10.00. The van der Waals surface area contributed by atoms with Crippen molar-refractivity contribution in [2.24, 2.45) is 5.73 Å². The van der Waals surface area contributed by atoms with E-state index in [1.54, 1.807) is 26.0 Å². The van der Waals surface area contributed by atoms with E-state index in [1.165, 1.54) is 0 Å². The molecule has 1 rings (SSSR count). The number of aliphatic hydroxyl groups excluding tert-OH is 1. The maximum Gasteiger partial charge on any atom is 0.123 e. The van der Waals surface area contributed by atoms with Gasteiger partial charge in [0.25, 0.3) is 0 Å². The highest BCUT2D eigenvalue weighted by Crippen LogP contribution is 2.31. The Balaban J connectivity index is 3.20. The fourth-order valence-corrected chi connectivity index (χ4v) is 1.56. The Morgan fingerprint density at radius 3 is 2.50 bits per heavy atom. The summed E-state index contributed by atoms with van der Waals surface area (Å²) in [6, 6.07) is 2.60. The molecule has 0 aromatic heterocycles. The van der Waals surface area contributed by atoms with Crippen LogP contribution in [0.25, 0.3) is 0 Å². The maximum atomic E-state index is 9.69. The van der Waals surface area contributed by atoms with Gasteiger partial charge in [-0.3, -0.25) is 0 Å². The second-order valence-corrected chi connectivity index (χ2v) is 3.86. The highest BCUT2D eigenvalue weighted by molar-refractivity contribution is 6.30. The van der Waals surface area contributed by atoms with E-state index >= 15 is 0 Å². The summed E-state index contributed by atoms with van der Waals surface area (Å²) in [4.78, 5) is 0. The van der Waals surface area contributed by atoms with E-state index in [-0.39, 0.29) is 5.75 Å². The van der Waals surface area contributed by atoms with Crippen molar-refractivity contribution in [3.05, 3.63) is 28.3 Å². The molecule has 0 saturated heterocycles. The summed E-state index contributed by atoms with van der Waals surface area (Å²) in [5.74, 6) is 0.0998. The number of benzene rings is 1. The quantitative estimate of drug-likeness (QED) is 0.704. The monoisotopic (exact) mass is 215 g/mol. The number of phenolic OH excluding ortho intramolecular Hbond substituents is 1. The predicted octanol–water partition coefficient (Wildman–Crippen LogP) is 1.73. The lowest BCUT2D eigenvalue weighted by Crippen LogP contribution is -2.23. The van der Waals surface area contributed by atoms with Gasteiger partial charge in [-0.05, 0) is 31.5 Å². The smallest absolute Gasteiger partial charge is 0.123 e. The van der Waals surface area contributed by atoms with Crippen LogP contribution < -0.4 is 5.73 Å². The van der Waals surface area contributed by atoms with Crippen LogP contribution in [0.3, 0.4) is 0 Å². The van der Waals surface area contributed by atoms with Crippen molar-refractivity contribution in [3.63, 3.8) is 0 Å². The van der Waals surface area contributed by atoms with Crippen LogP contribution >= 0.6 is 11.6 Å². The van der Waals surface area contributed by atoms with Crippen molar-refractivity contribution in [2.75, 3.05) is 0 Å². The number of nitrogens with two attached hydrogens (primary N) is 1. The first-order valence-electron chi connectivity index (χ1n) is 4.36. The van der Waals surface area contributed by atoms with Gasteiger partial charge in [-0.15, -0.1) is 0 Å². The van der Waals surface area contributed by atoms with E-state index in [1.807, 2.05) is 0 Å². The van der Waals surface area contributed by atoms with Gasteiger partial charge in [-0.25, -0.2) is 0 Å². The van der Waals surface area contributed by atoms with Crippen molar-refractivity contribution < 1.29 is 10.2 Å². The first-order valence-corrected chi connectivity index (χ1v) is 4.74. The van der Waals surface area contributed by atoms with Gasteiger partial charge in [-0.2, -0.15) is 0 Å². The average Bonchev–Trinajstić information content (AvgIpc) is 2.09. The summed E-state index contributed by atoms with van der Waals surface area (Å²) in [6.07, 6.45) is -0.723. The lowest BCUT2D eigenvalue weighted by Gasteiger charge is -2.17. The van der Waals surface area contributed by atoms with Crippen LogP contribution in [0.1, 0.15) is 24.1 Å². The van der Waals surface area contributed by atoms with Gasteiger partial charge in [0.05, 0.1) is 12.1 Å². The fraction of sp³-hybridized carbons (Fsp3) is 0.400. The zero-order valence-corrected chi connectivity index (χ0v) is 8.92. The molecule has 0 radical (unpaired) electrons. The van der Waals surface area contributed by atoms with Crippen LogP contribution in [0.15, 0.2) is 12.1 Å². The number of rotatable bonds is 2. The number of phenols is 1. The number of aliphatic hydroxyl groups is 1. The summed E-state index contributed by atoms with van der Waals surface area (Å²) < 4.78 is 0. The number of aromatic hydroxyl groups is 1. The van der Waals surface area contributed by atoms with Gasteiger partial charge in [0.1, 0.15) is 5.75 Å². The minimum absolute atomic E-state index is 0.0998. The largest absolute Gasteiger partial charge is 0.507 e. The van der Waals surface area contributed by atoms with E-state index in [4.69, 9.17) is 17.3 Å². The zero-order chi connectivity index (χ0) is 10.9. The molecule has 2 atom stereocenters. The van der Waals surface area contributed by atoms with Gasteiger partial charge in [0, 0.05) is 10.6 Å². The third kappa shape index (κ3) is 2.18. The van der Waals surface area contributed by atoms with E-state index in [9.17, 15) is 10.2 Å². The Bertz CT molecular complexity index is 339. The number of hydrogen-bond acceptors (Lipinski definition) is 3. The molecule has 4 heteroatoms. The minimum atomic E-state index is -0.723. The molecule has 0 aliphatic carbocycles. The third-order valence-corrected chi connectivity index (χ3v) is 2.39. The van der Waals surface area contributed by atoms with E-state index in [2.05, 4.69) is 0 Å². The van der Waals surface area contributed by atoms with Crippen LogP contribution in [-0.2, 0) is 0 Å². The van der Waals surface area contributed by atoms with E-state index in [0.29, 0.717) is 16.1 Å². The molecule has 0 unspecified atom stereocenters. The van der Waals surface area contributed by atoms with Gasteiger partial charge < -0.3 is 15.9 Å². The molecule has 0 heterocycles. The molecule has 1 aromatic rings. The molecule has 14 heavy (non-hydrogen) atoms. The van der Waals surface area contributed by atoms with Gasteiger partial charge >= 0.3 is 0 Å². The summed E-state index contributed by atoms with van der Waals surface area (Å²) in [7, 11) is 0. The molecule has 0 bridgehead atoms. The summed E-state index contributed by atoms with van der Waals surface area (Å²) >= 11 is 5.82. The molecule has 0 saturated carbocycles. The normalized spacial score (nSPS) is 15.2.